The molecule has 35 heavy (non-hydrogen) atoms. The first kappa shape index (κ1) is 22.1. The molecule has 13 nitrogen and oxygen atoms in total. The SMILES string of the molecule is Cc1cnn(C)c1-c1cn(CC(=O)Nc2cccc3c2C(=O)N(C2CCC(=O)NC2=O)C3=O)nn1. The monoisotopic (exact) mass is 476 g/mol. The topological polar surface area (TPSA) is 161 Å². The van der Waals surface area contributed by atoms with Gasteiger partial charge in [-0.3, -0.25) is 38.9 Å². The average molecular weight is 476 g/mol. The van der Waals surface area contributed by atoms with Gasteiger partial charge in [-0.2, -0.15) is 5.10 Å². The van der Waals surface area contributed by atoms with Crippen molar-refractivity contribution in [1.29, 1.82) is 0 Å². The van der Waals surface area contributed by atoms with Gasteiger partial charge < -0.3 is 5.32 Å². The minimum Gasteiger partial charge on any atom is -0.324 e. The Morgan fingerprint density at radius 3 is 2.71 bits per heavy atom. The Kier molecular flexibility index (Phi) is 5.23. The summed E-state index contributed by atoms with van der Waals surface area (Å²) in [5.41, 5.74) is 2.45. The van der Waals surface area contributed by atoms with Crippen LogP contribution >= 0.6 is 0 Å². The molecule has 2 aromatic heterocycles. The zero-order valence-corrected chi connectivity index (χ0v) is 18.8. The van der Waals surface area contributed by atoms with Gasteiger partial charge in [-0.15, -0.1) is 5.10 Å². The molecule has 5 rings (SSSR count). The Morgan fingerprint density at radius 1 is 1.20 bits per heavy atom. The quantitative estimate of drug-likeness (QED) is 0.488. The predicted molar refractivity (Wildman–Crippen MR) is 119 cm³/mol. The molecule has 1 unspecified atom stereocenters. The number of amides is 5. The van der Waals surface area contributed by atoms with Gasteiger partial charge >= 0.3 is 0 Å². The van der Waals surface area contributed by atoms with Crippen LogP contribution in [0.15, 0.2) is 30.6 Å². The number of carbonyl (C=O) groups is 5. The fraction of sp³-hybridized carbons (Fsp3) is 0.273. The second kappa shape index (κ2) is 8.27. The Labute approximate surface area is 198 Å². The third-order valence-corrected chi connectivity index (χ3v) is 5.95. The summed E-state index contributed by atoms with van der Waals surface area (Å²) in [7, 11) is 1.78. The Balaban J connectivity index is 1.34. The second-order valence-corrected chi connectivity index (χ2v) is 8.32. The smallest absolute Gasteiger partial charge is 0.264 e. The first-order chi connectivity index (χ1) is 16.7. The van der Waals surface area contributed by atoms with Crippen molar-refractivity contribution >= 4 is 35.2 Å². The van der Waals surface area contributed by atoms with Crippen LogP contribution in [0.3, 0.4) is 0 Å². The summed E-state index contributed by atoms with van der Waals surface area (Å²) in [4.78, 5) is 63.4. The Morgan fingerprint density at radius 2 is 2.00 bits per heavy atom. The number of anilines is 1. The summed E-state index contributed by atoms with van der Waals surface area (Å²) in [5.74, 6) is -3.00. The van der Waals surface area contributed by atoms with Gasteiger partial charge in [0.15, 0.2) is 0 Å². The molecule has 2 aliphatic heterocycles. The number of nitrogens with zero attached hydrogens (tertiary/aromatic N) is 6. The molecule has 2 aliphatic rings. The Bertz CT molecular complexity index is 1400. The third kappa shape index (κ3) is 3.76. The maximum absolute atomic E-state index is 13.1. The Hall–Kier alpha value is -4.68. The van der Waals surface area contributed by atoms with Crippen molar-refractivity contribution in [2.75, 3.05) is 5.32 Å². The van der Waals surface area contributed by atoms with Crippen LogP contribution in [0.5, 0.6) is 0 Å². The molecule has 0 spiro atoms. The molecule has 178 valence electrons. The van der Waals surface area contributed by atoms with Crippen LogP contribution in [-0.2, 0) is 28.0 Å². The van der Waals surface area contributed by atoms with E-state index < -0.39 is 35.6 Å². The number of aryl methyl sites for hydroxylation is 2. The van der Waals surface area contributed by atoms with Crippen molar-refractivity contribution in [3.63, 3.8) is 0 Å². The first-order valence-electron chi connectivity index (χ1n) is 10.8. The van der Waals surface area contributed by atoms with Crippen LogP contribution in [0, 0.1) is 6.92 Å². The molecule has 0 aliphatic carbocycles. The molecule has 2 N–H and O–H groups in total. The summed E-state index contributed by atoms with van der Waals surface area (Å²) in [6.45, 7) is 1.70. The van der Waals surface area contributed by atoms with Crippen molar-refractivity contribution < 1.29 is 24.0 Å². The lowest BCUT2D eigenvalue weighted by Crippen LogP contribution is -2.54. The molecule has 5 amide bonds. The second-order valence-electron chi connectivity index (χ2n) is 8.32. The van der Waals surface area contributed by atoms with Crippen LogP contribution in [-0.4, -0.2) is 65.3 Å². The number of rotatable bonds is 5. The van der Waals surface area contributed by atoms with Gasteiger partial charge in [0.05, 0.1) is 34.9 Å². The number of hydrogen-bond donors (Lipinski definition) is 2. The molecule has 1 fully saturated rings. The molecule has 13 heteroatoms. The largest absolute Gasteiger partial charge is 0.324 e. The van der Waals surface area contributed by atoms with Crippen molar-refractivity contribution in [2.24, 2.45) is 7.05 Å². The van der Waals surface area contributed by atoms with Crippen molar-refractivity contribution in [2.45, 2.75) is 32.4 Å². The van der Waals surface area contributed by atoms with Gasteiger partial charge in [0.25, 0.3) is 11.8 Å². The maximum atomic E-state index is 13.1. The lowest BCUT2D eigenvalue weighted by Gasteiger charge is -2.27. The van der Waals surface area contributed by atoms with Gasteiger partial charge in [-0.1, -0.05) is 11.3 Å². The third-order valence-electron chi connectivity index (χ3n) is 5.95. The highest BCUT2D eigenvalue weighted by Gasteiger charge is 2.45. The van der Waals surface area contributed by atoms with Crippen molar-refractivity contribution in [1.82, 2.24) is 35.0 Å². The van der Waals surface area contributed by atoms with E-state index in [0.717, 1.165) is 16.2 Å². The van der Waals surface area contributed by atoms with E-state index in [4.69, 9.17) is 0 Å². The lowest BCUT2D eigenvalue weighted by atomic mass is 10.0. The lowest BCUT2D eigenvalue weighted by molar-refractivity contribution is -0.136. The van der Waals surface area contributed by atoms with Crippen molar-refractivity contribution in [3.8, 4) is 11.4 Å². The highest BCUT2D eigenvalue weighted by atomic mass is 16.2. The van der Waals surface area contributed by atoms with Gasteiger partial charge in [0, 0.05) is 13.5 Å². The standard InChI is InChI=1S/C22H20N8O5/c1-11-8-23-28(2)19(11)14-9-29(27-26-14)10-17(32)24-13-5-3-4-12-18(13)22(35)30(21(12)34)15-6-7-16(31)25-20(15)33/h3-5,8-9,15H,6-7,10H2,1-2H3,(H,24,32)(H,25,31,33). The van der Waals surface area contributed by atoms with E-state index in [1.54, 1.807) is 24.1 Å². The summed E-state index contributed by atoms with van der Waals surface area (Å²) < 4.78 is 3.01. The number of aromatic nitrogens is 5. The highest BCUT2D eigenvalue weighted by Crippen LogP contribution is 2.32. The molecule has 0 bridgehead atoms. The summed E-state index contributed by atoms with van der Waals surface area (Å²) in [6, 6.07) is 3.40. The van der Waals surface area contributed by atoms with Gasteiger partial charge in [0.1, 0.15) is 18.3 Å². The highest BCUT2D eigenvalue weighted by molar-refractivity contribution is 6.26. The molecule has 3 aromatic rings. The zero-order chi connectivity index (χ0) is 24.9. The normalized spacial score (nSPS) is 17.5. The van der Waals surface area contributed by atoms with E-state index in [-0.39, 0.29) is 36.2 Å². The van der Waals surface area contributed by atoms with Crippen LogP contribution < -0.4 is 10.6 Å². The molecule has 4 heterocycles. The van der Waals surface area contributed by atoms with Crippen LogP contribution in [0.2, 0.25) is 0 Å². The molecular formula is C22H20N8O5. The minimum absolute atomic E-state index is 0.000314. The number of benzene rings is 1. The fourth-order valence-corrected chi connectivity index (χ4v) is 4.36. The number of fused-ring (bicyclic) bond motifs is 1. The number of nitrogens with one attached hydrogen (secondary N) is 2. The predicted octanol–water partition coefficient (Wildman–Crippen LogP) is 0.0269. The van der Waals surface area contributed by atoms with Gasteiger partial charge in [-0.25, -0.2) is 4.68 Å². The van der Waals surface area contributed by atoms with E-state index in [1.165, 1.54) is 22.9 Å². The fourth-order valence-electron chi connectivity index (χ4n) is 4.36. The first-order valence-corrected chi connectivity index (χ1v) is 10.8. The minimum atomic E-state index is -1.09. The summed E-state index contributed by atoms with van der Waals surface area (Å²) >= 11 is 0. The number of piperidine rings is 1. The molecule has 1 saturated heterocycles. The number of carbonyl (C=O) groups excluding carboxylic acids is 5. The molecule has 0 radical (unpaired) electrons. The zero-order valence-electron chi connectivity index (χ0n) is 18.8. The maximum Gasteiger partial charge on any atom is 0.264 e. The van der Waals surface area contributed by atoms with Gasteiger partial charge in [0.2, 0.25) is 17.7 Å². The van der Waals surface area contributed by atoms with E-state index in [1.807, 2.05) is 6.92 Å². The molecule has 0 saturated carbocycles. The number of imide groups is 2. The molecule has 1 atom stereocenters. The summed E-state index contributed by atoms with van der Waals surface area (Å²) in [6.07, 6.45) is 3.38. The van der Waals surface area contributed by atoms with Crippen LogP contribution in [0.4, 0.5) is 5.69 Å². The van der Waals surface area contributed by atoms with E-state index in [9.17, 15) is 24.0 Å². The average Bonchev–Trinajstić information content (AvgIpc) is 3.46. The van der Waals surface area contributed by atoms with Gasteiger partial charge in [-0.05, 0) is 31.0 Å². The molecule has 1 aromatic carbocycles. The van der Waals surface area contributed by atoms with E-state index in [2.05, 4.69) is 26.0 Å². The summed E-state index contributed by atoms with van der Waals surface area (Å²) in [5, 5.41) is 17.1. The van der Waals surface area contributed by atoms with E-state index in [0.29, 0.717) is 5.69 Å². The van der Waals surface area contributed by atoms with Crippen LogP contribution in [0.1, 0.15) is 39.1 Å². The molecular weight excluding hydrogens is 456 g/mol. The van der Waals surface area contributed by atoms with Crippen LogP contribution in [0.25, 0.3) is 11.4 Å². The van der Waals surface area contributed by atoms with E-state index >= 15 is 0 Å². The number of hydrogen-bond acceptors (Lipinski definition) is 8. The van der Waals surface area contributed by atoms with Crippen molar-refractivity contribution in [3.05, 3.63) is 47.3 Å².